The van der Waals surface area contributed by atoms with Gasteiger partial charge in [0.2, 0.25) is 0 Å². The van der Waals surface area contributed by atoms with Crippen LogP contribution in [0.3, 0.4) is 0 Å². The van der Waals surface area contributed by atoms with Crippen LogP contribution in [0.4, 0.5) is 0 Å². The van der Waals surface area contributed by atoms with E-state index in [1.54, 1.807) is 0 Å². The number of unbranched alkanes of at least 4 members (excludes halogenated alkanes) is 3. The van der Waals surface area contributed by atoms with Crippen LogP contribution in [0, 0.1) is 0 Å². The van der Waals surface area contributed by atoms with Crippen molar-refractivity contribution < 1.29 is 14.0 Å². The molecule has 0 spiro atoms. The Hall–Kier alpha value is 0.542. The Labute approximate surface area is 119 Å². The monoisotopic (exact) mass is 237 g/mol. The summed E-state index contributed by atoms with van der Waals surface area (Å²) in [6.45, 7) is 8.61. The number of hydrogen-bond donors (Lipinski definition) is 0. The van der Waals surface area contributed by atoms with Gasteiger partial charge in [0.15, 0.2) is 0 Å². The second kappa shape index (κ2) is 16.5. The minimum atomic E-state index is -0.454. The van der Waals surface area contributed by atoms with E-state index >= 15 is 0 Å². The van der Waals surface area contributed by atoms with Gasteiger partial charge < -0.3 is 14.0 Å². The first-order chi connectivity index (χ1) is 7.85. The predicted molar refractivity (Wildman–Crippen MR) is 74.1 cm³/mol. The molecule has 1 radical (unpaired) electrons. The summed E-state index contributed by atoms with van der Waals surface area (Å²) in [4.78, 5) is 0. The first-order valence-electron chi connectivity index (χ1n) is 6.69. The van der Waals surface area contributed by atoms with Gasteiger partial charge in [-0.1, -0.05) is 40.0 Å². The number of rotatable bonds is 12. The molecule has 0 heterocycles. The Morgan fingerprint density at radius 2 is 0.941 bits per heavy atom. The molecule has 0 aromatic carbocycles. The molecule has 3 nitrogen and oxygen atoms in total. The summed E-state index contributed by atoms with van der Waals surface area (Å²) < 4.78 is 16.6. The van der Waals surface area contributed by atoms with Crippen molar-refractivity contribution in [2.45, 2.75) is 59.3 Å². The summed E-state index contributed by atoms with van der Waals surface area (Å²) in [5.41, 5.74) is 0. The van der Waals surface area contributed by atoms with Crippen molar-refractivity contribution in [2.75, 3.05) is 19.8 Å². The second-order valence-corrected chi connectivity index (χ2v) is 3.96. The smallest absolute Gasteiger partial charge is 0.386 e. The summed E-state index contributed by atoms with van der Waals surface area (Å²) in [5, 5.41) is 0. The average molecular weight is 237 g/mol. The van der Waals surface area contributed by atoms with Crippen LogP contribution in [0.2, 0.25) is 0 Å². The van der Waals surface area contributed by atoms with Crippen molar-refractivity contribution in [2.24, 2.45) is 0 Å². The van der Waals surface area contributed by atoms with Crippen molar-refractivity contribution >= 4 is 26.2 Å². The second-order valence-electron chi connectivity index (χ2n) is 3.96. The van der Waals surface area contributed by atoms with Crippen LogP contribution in [0.1, 0.15) is 59.3 Å². The van der Waals surface area contributed by atoms with E-state index in [0.717, 1.165) is 58.3 Å². The molecule has 0 aliphatic heterocycles. The van der Waals surface area contributed by atoms with E-state index in [1.807, 2.05) is 0 Å². The Morgan fingerprint density at radius 3 is 1.18 bits per heavy atom. The third kappa shape index (κ3) is 14.5. The molecular formula is C12H27BLiO3. The minimum Gasteiger partial charge on any atom is -0.386 e. The normalized spacial score (nSPS) is 10.1. The molecule has 0 amide bonds. The maximum Gasteiger partial charge on any atom is 0.639 e. The van der Waals surface area contributed by atoms with Crippen LogP contribution < -0.4 is 0 Å². The molecule has 0 bridgehead atoms. The Bertz CT molecular complexity index is 115. The topological polar surface area (TPSA) is 27.7 Å². The third-order valence-electron chi connectivity index (χ3n) is 2.26. The van der Waals surface area contributed by atoms with Crippen molar-refractivity contribution in [3.8, 4) is 0 Å². The van der Waals surface area contributed by atoms with E-state index in [-0.39, 0.29) is 18.9 Å². The zero-order valence-electron chi connectivity index (χ0n) is 12.2. The van der Waals surface area contributed by atoms with Crippen molar-refractivity contribution in [1.82, 2.24) is 0 Å². The maximum absolute atomic E-state index is 5.53. The van der Waals surface area contributed by atoms with Gasteiger partial charge in [0, 0.05) is 38.7 Å². The quantitative estimate of drug-likeness (QED) is 0.385. The summed E-state index contributed by atoms with van der Waals surface area (Å²) in [7, 11) is -0.454. The molecule has 0 aliphatic rings. The van der Waals surface area contributed by atoms with Gasteiger partial charge in [0.05, 0.1) is 0 Å². The van der Waals surface area contributed by atoms with E-state index in [9.17, 15) is 0 Å². The fourth-order valence-corrected chi connectivity index (χ4v) is 1.12. The Kier molecular flexibility index (Phi) is 19.3. The summed E-state index contributed by atoms with van der Waals surface area (Å²) in [6, 6.07) is 0. The van der Waals surface area contributed by atoms with E-state index in [2.05, 4.69) is 20.8 Å². The van der Waals surface area contributed by atoms with Gasteiger partial charge in [-0.15, -0.1) is 0 Å². The van der Waals surface area contributed by atoms with Gasteiger partial charge in [0.25, 0.3) is 0 Å². The van der Waals surface area contributed by atoms with Crippen molar-refractivity contribution in [3.05, 3.63) is 0 Å². The minimum absolute atomic E-state index is 0. The van der Waals surface area contributed by atoms with Gasteiger partial charge in [-0.3, -0.25) is 0 Å². The SMILES string of the molecule is CCCCOB(OCCCC)OCCCC.[Li]. The summed E-state index contributed by atoms with van der Waals surface area (Å²) in [6.07, 6.45) is 6.59. The predicted octanol–water partition coefficient (Wildman–Crippen LogP) is 3.04. The molecule has 0 aliphatic carbocycles. The van der Waals surface area contributed by atoms with Gasteiger partial charge in [0.1, 0.15) is 0 Å². The number of hydrogen-bond acceptors (Lipinski definition) is 3. The van der Waals surface area contributed by atoms with Crippen LogP contribution in [0.25, 0.3) is 0 Å². The average Bonchev–Trinajstić information content (AvgIpc) is 2.29. The molecule has 5 heteroatoms. The van der Waals surface area contributed by atoms with Crippen LogP contribution in [-0.4, -0.2) is 46.0 Å². The van der Waals surface area contributed by atoms with Crippen molar-refractivity contribution in [1.29, 1.82) is 0 Å². The standard InChI is InChI=1S/C12H27BO3.Li/c1-4-7-10-14-13(15-11-8-5-2)16-12-9-6-3;/h4-12H2,1-3H3;. The van der Waals surface area contributed by atoms with Gasteiger partial charge in [-0.25, -0.2) is 0 Å². The third-order valence-corrected chi connectivity index (χ3v) is 2.26. The molecule has 0 aromatic rings. The molecule has 0 aromatic heterocycles. The molecule has 0 fully saturated rings. The van der Waals surface area contributed by atoms with E-state index in [0.29, 0.717) is 0 Å². The molecular weight excluding hydrogens is 210 g/mol. The molecule has 0 atom stereocenters. The molecule has 0 saturated heterocycles. The molecule has 0 N–H and O–H groups in total. The van der Waals surface area contributed by atoms with E-state index in [4.69, 9.17) is 14.0 Å². The Morgan fingerprint density at radius 1 is 0.647 bits per heavy atom. The van der Waals surface area contributed by atoms with Gasteiger partial charge >= 0.3 is 7.32 Å². The van der Waals surface area contributed by atoms with Gasteiger partial charge in [-0.2, -0.15) is 0 Å². The molecule has 0 saturated carbocycles. The van der Waals surface area contributed by atoms with Crippen LogP contribution in [-0.2, 0) is 14.0 Å². The van der Waals surface area contributed by atoms with Crippen LogP contribution >= 0.6 is 0 Å². The van der Waals surface area contributed by atoms with Gasteiger partial charge in [-0.05, 0) is 19.3 Å². The summed E-state index contributed by atoms with van der Waals surface area (Å²) in [5.74, 6) is 0. The maximum atomic E-state index is 5.53. The zero-order chi connectivity index (χ0) is 12.1. The van der Waals surface area contributed by atoms with Crippen LogP contribution in [0.15, 0.2) is 0 Å². The van der Waals surface area contributed by atoms with Crippen molar-refractivity contribution in [3.63, 3.8) is 0 Å². The fourth-order valence-electron chi connectivity index (χ4n) is 1.12. The Balaban J connectivity index is 0. The first-order valence-corrected chi connectivity index (χ1v) is 6.69. The van der Waals surface area contributed by atoms with E-state index < -0.39 is 7.32 Å². The largest absolute Gasteiger partial charge is 0.639 e. The molecule has 17 heavy (non-hydrogen) atoms. The fraction of sp³-hybridized carbons (Fsp3) is 1.00. The zero-order valence-corrected chi connectivity index (χ0v) is 12.2. The molecule has 97 valence electrons. The summed E-state index contributed by atoms with van der Waals surface area (Å²) >= 11 is 0. The van der Waals surface area contributed by atoms with Crippen LogP contribution in [0.5, 0.6) is 0 Å². The molecule has 0 rings (SSSR count). The molecule has 0 unspecified atom stereocenters. The first kappa shape index (κ1) is 19.9. The van der Waals surface area contributed by atoms with E-state index in [1.165, 1.54) is 0 Å².